The second kappa shape index (κ2) is 6.73. The van der Waals surface area contributed by atoms with Gasteiger partial charge >= 0.3 is 0 Å². The van der Waals surface area contributed by atoms with Crippen molar-refractivity contribution in [2.24, 2.45) is 5.92 Å². The Bertz CT molecular complexity index is 447. The highest BCUT2D eigenvalue weighted by Gasteiger charge is 2.24. The summed E-state index contributed by atoms with van der Waals surface area (Å²) in [6, 6.07) is 3.72. The largest absolute Gasteiger partial charge is 0.384 e. The van der Waals surface area contributed by atoms with Crippen molar-refractivity contribution in [2.75, 3.05) is 5.73 Å². The molecule has 1 amide bonds. The molecule has 2 rings (SSSR count). The number of aryl methyl sites for hydroxylation is 1. The molecule has 1 unspecified atom stereocenters. The number of aromatic nitrogens is 1. The number of amides is 1. The van der Waals surface area contributed by atoms with Crippen molar-refractivity contribution in [3.8, 4) is 0 Å². The Morgan fingerprint density at radius 1 is 1.40 bits per heavy atom. The third-order valence-electron chi connectivity index (χ3n) is 4.21. The number of hydrogen-bond acceptors (Lipinski definition) is 3. The smallest absolute Gasteiger partial charge is 0.251 e. The average Bonchev–Trinajstić information content (AvgIpc) is 2.44. The second-order valence-corrected chi connectivity index (χ2v) is 5.81. The van der Waals surface area contributed by atoms with Crippen LogP contribution in [-0.4, -0.2) is 16.9 Å². The van der Waals surface area contributed by atoms with Crippen molar-refractivity contribution >= 4 is 11.7 Å². The van der Waals surface area contributed by atoms with Gasteiger partial charge in [0.1, 0.15) is 5.82 Å². The molecule has 0 bridgehead atoms. The Balaban J connectivity index is 2.04. The summed E-state index contributed by atoms with van der Waals surface area (Å²) in [5.41, 5.74) is 7.11. The van der Waals surface area contributed by atoms with Gasteiger partial charge in [-0.25, -0.2) is 4.98 Å². The third kappa shape index (κ3) is 3.71. The first-order valence-corrected chi connectivity index (χ1v) is 7.65. The van der Waals surface area contributed by atoms with E-state index < -0.39 is 0 Å². The molecule has 1 aliphatic carbocycles. The van der Waals surface area contributed by atoms with Crippen molar-refractivity contribution in [2.45, 2.75) is 58.4 Å². The van der Waals surface area contributed by atoms with Gasteiger partial charge in [0, 0.05) is 17.3 Å². The predicted octanol–water partition coefficient (Wildman–Crippen LogP) is 3.06. The monoisotopic (exact) mass is 275 g/mol. The molecular weight excluding hydrogens is 250 g/mol. The van der Waals surface area contributed by atoms with E-state index in [1.54, 1.807) is 12.1 Å². The molecule has 4 nitrogen and oxygen atoms in total. The minimum atomic E-state index is -0.0281. The highest BCUT2D eigenvalue weighted by molar-refractivity contribution is 5.95. The number of carbonyl (C=O) groups is 1. The lowest BCUT2D eigenvalue weighted by Crippen LogP contribution is -2.40. The van der Waals surface area contributed by atoms with Crippen LogP contribution in [0.2, 0.25) is 0 Å². The molecule has 0 aliphatic heterocycles. The lowest BCUT2D eigenvalue weighted by atomic mass is 9.83. The first-order chi connectivity index (χ1) is 9.60. The van der Waals surface area contributed by atoms with E-state index in [1.165, 1.54) is 32.1 Å². The van der Waals surface area contributed by atoms with Crippen molar-refractivity contribution < 1.29 is 4.79 Å². The quantitative estimate of drug-likeness (QED) is 0.887. The molecule has 1 aromatic rings. The molecule has 0 saturated heterocycles. The van der Waals surface area contributed by atoms with Gasteiger partial charge in [-0.15, -0.1) is 0 Å². The number of hydrogen-bond donors (Lipinski definition) is 2. The molecule has 110 valence electrons. The fourth-order valence-electron chi connectivity index (χ4n) is 3.17. The lowest BCUT2D eigenvalue weighted by Gasteiger charge is -2.30. The molecule has 1 fully saturated rings. The zero-order valence-electron chi connectivity index (χ0n) is 12.5. The Hall–Kier alpha value is -1.58. The predicted molar refractivity (Wildman–Crippen MR) is 81.5 cm³/mol. The molecule has 0 spiro atoms. The summed E-state index contributed by atoms with van der Waals surface area (Å²) in [5.74, 6) is 0.999. The second-order valence-electron chi connectivity index (χ2n) is 5.81. The number of nitrogen functional groups attached to an aromatic ring is 1. The molecule has 1 saturated carbocycles. The molecule has 1 aromatic heterocycles. The molecule has 1 atom stereocenters. The molecule has 0 aromatic carbocycles. The van der Waals surface area contributed by atoms with Crippen LogP contribution in [0.3, 0.4) is 0 Å². The van der Waals surface area contributed by atoms with Gasteiger partial charge in [-0.1, -0.05) is 26.2 Å². The fourth-order valence-corrected chi connectivity index (χ4v) is 3.17. The van der Waals surface area contributed by atoms with Crippen LogP contribution in [0.15, 0.2) is 12.1 Å². The zero-order chi connectivity index (χ0) is 14.5. The van der Waals surface area contributed by atoms with Gasteiger partial charge in [-0.05, 0) is 44.2 Å². The van der Waals surface area contributed by atoms with Gasteiger partial charge in [0.25, 0.3) is 5.91 Å². The van der Waals surface area contributed by atoms with E-state index in [-0.39, 0.29) is 11.9 Å². The molecule has 1 heterocycles. The molecule has 1 aliphatic rings. The summed E-state index contributed by atoms with van der Waals surface area (Å²) in [7, 11) is 0. The van der Waals surface area contributed by atoms with Crippen LogP contribution in [0.4, 0.5) is 5.82 Å². The summed E-state index contributed by atoms with van der Waals surface area (Å²) in [6.07, 6.45) is 7.36. The zero-order valence-corrected chi connectivity index (χ0v) is 12.5. The number of carbonyl (C=O) groups excluding carboxylic acids is 1. The highest BCUT2D eigenvalue weighted by Crippen LogP contribution is 2.27. The van der Waals surface area contributed by atoms with Crippen molar-refractivity contribution in [3.05, 3.63) is 23.4 Å². The molecule has 20 heavy (non-hydrogen) atoms. The first-order valence-electron chi connectivity index (χ1n) is 7.65. The summed E-state index contributed by atoms with van der Waals surface area (Å²) < 4.78 is 0. The molecule has 3 N–H and O–H groups in total. The number of anilines is 1. The van der Waals surface area contributed by atoms with Gasteiger partial charge in [0.2, 0.25) is 0 Å². The normalized spacial score (nSPS) is 17.7. The minimum Gasteiger partial charge on any atom is -0.384 e. The van der Waals surface area contributed by atoms with E-state index in [1.807, 2.05) is 6.92 Å². The number of nitrogens with one attached hydrogen (secondary N) is 1. The maximum atomic E-state index is 12.4. The molecular formula is C16H25N3O. The topological polar surface area (TPSA) is 68.0 Å². The lowest BCUT2D eigenvalue weighted by molar-refractivity contribution is 0.0911. The highest BCUT2D eigenvalue weighted by atomic mass is 16.1. The van der Waals surface area contributed by atoms with Crippen LogP contribution in [-0.2, 0) is 0 Å². The van der Waals surface area contributed by atoms with Crippen LogP contribution < -0.4 is 11.1 Å². The minimum absolute atomic E-state index is 0.0281. The van der Waals surface area contributed by atoms with Crippen LogP contribution in [0, 0.1) is 12.8 Å². The Labute approximate surface area is 121 Å². The van der Waals surface area contributed by atoms with E-state index in [4.69, 9.17) is 5.73 Å². The average molecular weight is 275 g/mol. The fraction of sp³-hybridized carbons (Fsp3) is 0.625. The van der Waals surface area contributed by atoms with Crippen LogP contribution in [0.25, 0.3) is 0 Å². The number of nitrogens with zero attached hydrogens (tertiary/aromatic N) is 1. The molecule has 0 radical (unpaired) electrons. The summed E-state index contributed by atoms with van der Waals surface area (Å²) >= 11 is 0. The van der Waals surface area contributed by atoms with Gasteiger partial charge < -0.3 is 11.1 Å². The van der Waals surface area contributed by atoms with Gasteiger partial charge in [0.15, 0.2) is 0 Å². The Morgan fingerprint density at radius 3 is 2.70 bits per heavy atom. The number of pyridine rings is 1. The summed E-state index contributed by atoms with van der Waals surface area (Å²) in [5, 5.41) is 3.18. The van der Waals surface area contributed by atoms with Crippen LogP contribution >= 0.6 is 0 Å². The number of rotatable bonds is 4. The van der Waals surface area contributed by atoms with E-state index in [2.05, 4.69) is 17.2 Å². The van der Waals surface area contributed by atoms with E-state index in [0.29, 0.717) is 17.3 Å². The van der Waals surface area contributed by atoms with E-state index in [9.17, 15) is 4.79 Å². The first kappa shape index (κ1) is 14.8. The van der Waals surface area contributed by atoms with E-state index in [0.717, 1.165) is 12.1 Å². The number of nitrogens with two attached hydrogens (primary N) is 1. The molecule has 4 heteroatoms. The standard InChI is InChI=1S/C16H25N3O/c1-3-14(12-7-5-4-6-8-12)19-16(20)13-9-11(2)18-15(17)10-13/h9-10,12,14H,3-8H2,1-2H3,(H2,17,18)(H,19,20). The Kier molecular flexibility index (Phi) is 4.99. The van der Waals surface area contributed by atoms with Gasteiger partial charge in [-0.2, -0.15) is 0 Å². The third-order valence-corrected chi connectivity index (χ3v) is 4.21. The maximum Gasteiger partial charge on any atom is 0.251 e. The SMILES string of the molecule is CCC(NC(=O)c1cc(C)nc(N)c1)C1CCCCC1. The van der Waals surface area contributed by atoms with Crippen molar-refractivity contribution in [3.63, 3.8) is 0 Å². The van der Waals surface area contributed by atoms with Crippen molar-refractivity contribution in [1.29, 1.82) is 0 Å². The van der Waals surface area contributed by atoms with Gasteiger partial charge in [-0.3, -0.25) is 4.79 Å². The van der Waals surface area contributed by atoms with E-state index >= 15 is 0 Å². The van der Waals surface area contributed by atoms with Crippen LogP contribution in [0.5, 0.6) is 0 Å². The summed E-state index contributed by atoms with van der Waals surface area (Å²) in [4.78, 5) is 16.5. The van der Waals surface area contributed by atoms with Gasteiger partial charge in [0.05, 0.1) is 0 Å². The Morgan fingerprint density at radius 2 is 2.10 bits per heavy atom. The summed E-state index contributed by atoms with van der Waals surface area (Å²) in [6.45, 7) is 4.00. The maximum absolute atomic E-state index is 12.4. The van der Waals surface area contributed by atoms with Crippen molar-refractivity contribution in [1.82, 2.24) is 10.3 Å². The van der Waals surface area contributed by atoms with Crippen LogP contribution in [0.1, 0.15) is 61.5 Å².